The van der Waals surface area contributed by atoms with Crippen molar-refractivity contribution in [1.29, 1.82) is 0 Å². The first-order chi connectivity index (χ1) is 13.7. The minimum atomic E-state index is -4.50. The lowest BCUT2D eigenvalue weighted by molar-refractivity contribution is -0.137. The van der Waals surface area contributed by atoms with Crippen LogP contribution in [0.4, 0.5) is 13.2 Å². The molecule has 5 N–H and O–H groups in total. The van der Waals surface area contributed by atoms with Crippen molar-refractivity contribution in [3.8, 4) is 0 Å². The quantitative estimate of drug-likeness (QED) is 0.373. The van der Waals surface area contributed by atoms with Crippen molar-refractivity contribution < 1.29 is 32.8 Å². The maximum absolute atomic E-state index is 13.0. The van der Waals surface area contributed by atoms with Gasteiger partial charge in [0, 0.05) is 6.42 Å². The van der Waals surface area contributed by atoms with Crippen molar-refractivity contribution in [1.82, 2.24) is 10.8 Å². The zero-order valence-electron chi connectivity index (χ0n) is 17.3. The summed E-state index contributed by atoms with van der Waals surface area (Å²) in [5.74, 6) is -3.96. The molecule has 0 aliphatic carbocycles. The first-order valence-corrected chi connectivity index (χ1v) is 9.42. The number of halogens is 3. The van der Waals surface area contributed by atoms with Crippen molar-refractivity contribution in [2.45, 2.75) is 58.7 Å². The molecular formula is C20H28F3N3O4. The zero-order valence-corrected chi connectivity index (χ0v) is 17.3. The van der Waals surface area contributed by atoms with Crippen LogP contribution >= 0.6 is 0 Å². The summed E-state index contributed by atoms with van der Waals surface area (Å²) >= 11 is 0. The van der Waals surface area contributed by atoms with Gasteiger partial charge in [0.05, 0.1) is 11.5 Å². The Morgan fingerprint density at radius 2 is 1.63 bits per heavy atom. The maximum atomic E-state index is 13.0. The fraction of sp³-hybridized carbons (Fsp3) is 0.550. The van der Waals surface area contributed by atoms with Crippen LogP contribution in [0, 0.1) is 11.3 Å². The van der Waals surface area contributed by atoms with Gasteiger partial charge in [-0.25, -0.2) is 5.48 Å². The third-order valence-electron chi connectivity index (χ3n) is 4.90. The van der Waals surface area contributed by atoms with Gasteiger partial charge >= 0.3 is 6.18 Å². The van der Waals surface area contributed by atoms with Gasteiger partial charge in [0.2, 0.25) is 17.7 Å². The highest BCUT2D eigenvalue weighted by Gasteiger charge is 2.37. The zero-order chi connectivity index (χ0) is 23.3. The van der Waals surface area contributed by atoms with E-state index in [9.17, 15) is 27.6 Å². The fourth-order valence-corrected chi connectivity index (χ4v) is 3.30. The number of carbonyl (C=O) groups excluding carboxylic acids is 3. The molecule has 0 heterocycles. The first kappa shape index (κ1) is 25.4. The lowest BCUT2D eigenvalue weighted by Gasteiger charge is -2.32. The molecule has 0 spiro atoms. The second-order valence-corrected chi connectivity index (χ2v) is 8.19. The predicted octanol–water partition coefficient (Wildman–Crippen LogP) is 2.73. The molecule has 0 aliphatic rings. The Morgan fingerprint density at radius 1 is 1.10 bits per heavy atom. The molecule has 0 fully saturated rings. The number of nitrogens with two attached hydrogens (primary N) is 1. The van der Waals surface area contributed by atoms with Gasteiger partial charge in [0.15, 0.2) is 0 Å². The first-order valence-electron chi connectivity index (χ1n) is 9.42. The van der Waals surface area contributed by atoms with Crippen LogP contribution in [0.3, 0.4) is 0 Å². The topological polar surface area (TPSA) is 122 Å². The number of primary amides is 1. The third-order valence-corrected chi connectivity index (χ3v) is 4.90. The molecule has 1 aromatic rings. The van der Waals surface area contributed by atoms with Crippen LogP contribution < -0.4 is 16.5 Å². The molecule has 3 amide bonds. The standard InChI is InChI=1S/C20H28F3N3O4/c1-5-13(11-6-8-12(9-7-11)20(21,22)23)14(10-15(27)26-30)18(29)25-16(17(24)28)19(2,3)4/h6-9,13-14,16,30H,5,10H2,1-4H3,(H2,24,28)(H,25,29)(H,26,27)/t13-,14?,16+/m0/s1. The summed E-state index contributed by atoms with van der Waals surface area (Å²) in [4.78, 5) is 36.6. The summed E-state index contributed by atoms with van der Waals surface area (Å²) in [6, 6.07) is 3.28. The Morgan fingerprint density at radius 3 is 2.00 bits per heavy atom. The molecule has 7 nitrogen and oxygen atoms in total. The van der Waals surface area contributed by atoms with E-state index in [0.29, 0.717) is 12.0 Å². The summed E-state index contributed by atoms with van der Waals surface area (Å²) in [7, 11) is 0. The third kappa shape index (κ3) is 6.72. The molecule has 1 aromatic carbocycles. The lowest BCUT2D eigenvalue weighted by atomic mass is 9.80. The normalized spacial score (nSPS) is 15.1. The molecule has 0 saturated heterocycles. The largest absolute Gasteiger partial charge is 0.416 e. The SMILES string of the molecule is CC[C@@H](c1ccc(C(F)(F)F)cc1)C(CC(=O)NO)C(=O)N[C@H](C(N)=O)C(C)(C)C. The number of rotatable bonds is 8. The second kappa shape index (κ2) is 9.92. The van der Waals surface area contributed by atoms with Crippen molar-refractivity contribution >= 4 is 17.7 Å². The second-order valence-electron chi connectivity index (χ2n) is 8.19. The van der Waals surface area contributed by atoms with E-state index in [1.54, 1.807) is 27.7 Å². The lowest BCUT2D eigenvalue weighted by Crippen LogP contribution is -2.54. The molecule has 168 valence electrons. The molecule has 0 radical (unpaired) electrons. The predicted molar refractivity (Wildman–Crippen MR) is 103 cm³/mol. The van der Waals surface area contributed by atoms with Gasteiger partial charge in [-0.3, -0.25) is 19.6 Å². The number of hydrogen-bond donors (Lipinski definition) is 4. The van der Waals surface area contributed by atoms with Crippen molar-refractivity contribution in [2.24, 2.45) is 17.1 Å². The summed E-state index contributed by atoms with van der Waals surface area (Å²) < 4.78 is 38.5. The molecule has 10 heteroatoms. The summed E-state index contributed by atoms with van der Waals surface area (Å²) in [5, 5.41) is 11.4. The van der Waals surface area contributed by atoms with E-state index in [2.05, 4.69) is 5.32 Å². The van der Waals surface area contributed by atoms with Crippen LogP contribution in [-0.2, 0) is 20.6 Å². The number of hydrogen-bond acceptors (Lipinski definition) is 4. The monoisotopic (exact) mass is 431 g/mol. The van der Waals surface area contributed by atoms with Gasteiger partial charge in [0.25, 0.3) is 0 Å². The summed E-state index contributed by atoms with van der Waals surface area (Å²) in [6.07, 6.45) is -4.62. The number of alkyl halides is 3. The average Bonchev–Trinajstić information content (AvgIpc) is 2.63. The minimum absolute atomic E-state index is 0.318. The van der Waals surface area contributed by atoms with Gasteiger partial charge in [-0.15, -0.1) is 0 Å². The van der Waals surface area contributed by atoms with Gasteiger partial charge in [0.1, 0.15) is 6.04 Å². The number of amides is 3. The Hall–Kier alpha value is -2.62. The van der Waals surface area contributed by atoms with E-state index < -0.39 is 59.2 Å². The Balaban J connectivity index is 3.28. The molecule has 1 unspecified atom stereocenters. The molecule has 0 bridgehead atoms. The van der Waals surface area contributed by atoms with Gasteiger partial charge in [-0.1, -0.05) is 39.8 Å². The van der Waals surface area contributed by atoms with Crippen LogP contribution in [0.15, 0.2) is 24.3 Å². The van der Waals surface area contributed by atoms with E-state index in [1.165, 1.54) is 17.6 Å². The number of hydroxylamine groups is 1. The van der Waals surface area contributed by atoms with Crippen LogP contribution in [-0.4, -0.2) is 29.0 Å². The fourth-order valence-electron chi connectivity index (χ4n) is 3.30. The molecule has 30 heavy (non-hydrogen) atoms. The van der Waals surface area contributed by atoms with Crippen molar-refractivity contribution in [3.63, 3.8) is 0 Å². The number of carbonyl (C=O) groups is 3. The smallest absolute Gasteiger partial charge is 0.368 e. The molecule has 0 aliphatic heterocycles. The minimum Gasteiger partial charge on any atom is -0.368 e. The Labute approximate surface area is 173 Å². The molecule has 0 aromatic heterocycles. The highest BCUT2D eigenvalue weighted by Crippen LogP contribution is 2.34. The van der Waals surface area contributed by atoms with Crippen molar-refractivity contribution in [2.75, 3.05) is 0 Å². The highest BCUT2D eigenvalue weighted by atomic mass is 19.4. The van der Waals surface area contributed by atoms with Crippen LogP contribution in [0.5, 0.6) is 0 Å². The van der Waals surface area contributed by atoms with E-state index in [4.69, 9.17) is 10.9 Å². The molecule has 0 saturated carbocycles. The Bertz CT molecular complexity index is 758. The van der Waals surface area contributed by atoms with Gasteiger partial charge < -0.3 is 11.1 Å². The maximum Gasteiger partial charge on any atom is 0.416 e. The highest BCUT2D eigenvalue weighted by molar-refractivity contribution is 5.90. The van der Waals surface area contributed by atoms with E-state index in [0.717, 1.165) is 12.1 Å². The van der Waals surface area contributed by atoms with Gasteiger partial charge in [-0.05, 0) is 35.4 Å². The average molecular weight is 431 g/mol. The van der Waals surface area contributed by atoms with E-state index >= 15 is 0 Å². The Kier molecular flexibility index (Phi) is 8.41. The van der Waals surface area contributed by atoms with Gasteiger partial charge in [-0.2, -0.15) is 13.2 Å². The molecule has 3 atom stereocenters. The number of benzene rings is 1. The van der Waals surface area contributed by atoms with Crippen LogP contribution in [0.25, 0.3) is 0 Å². The van der Waals surface area contributed by atoms with Crippen LogP contribution in [0.1, 0.15) is 57.6 Å². The van der Waals surface area contributed by atoms with Crippen molar-refractivity contribution in [3.05, 3.63) is 35.4 Å². The van der Waals surface area contributed by atoms with Crippen LogP contribution in [0.2, 0.25) is 0 Å². The summed E-state index contributed by atoms with van der Waals surface area (Å²) in [5.41, 5.74) is 5.73. The van der Waals surface area contributed by atoms with E-state index in [1.807, 2.05) is 0 Å². The molecule has 1 rings (SSSR count). The number of nitrogens with one attached hydrogen (secondary N) is 2. The molecular weight excluding hydrogens is 403 g/mol. The summed E-state index contributed by atoms with van der Waals surface area (Å²) in [6.45, 7) is 6.82. The van der Waals surface area contributed by atoms with E-state index in [-0.39, 0.29) is 0 Å².